The van der Waals surface area contributed by atoms with Gasteiger partial charge in [-0.25, -0.2) is 4.79 Å². The number of rotatable bonds is 10. The number of carbonyl (C=O) groups excluding carboxylic acids is 1. The van der Waals surface area contributed by atoms with Crippen LogP contribution in [0.5, 0.6) is 0 Å². The zero-order valence-electron chi connectivity index (χ0n) is 12.5. The van der Waals surface area contributed by atoms with Gasteiger partial charge in [0.15, 0.2) is 0 Å². The molecule has 0 saturated carbocycles. The smallest absolute Gasteiger partial charge is 0.330 e. The number of ether oxygens (including phenoxy) is 3. The van der Waals surface area contributed by atoms with Crippen molar-refractivity contribution < 1.29 is 19.0 Å². The summed E-state index contributed by atoms with van der Waals surface area (Å²) in [4.78, 5) is 10.3. The number of hydrogen-bond acceptors (Lipinski definition) is 4. The summed E-state index contributed by atoms with van der Waals surface area (Å²) in [6.45, 7) is 16.3. The van der Waals surface area contributed by atoms with Crippen LogP contribution in [-0.2, 0) is 19.0 Å². The van der Waals surface area contributed by atoms with Crippen LogP contribution in [0.2, 0.25) is 0 Å². The quantitative estimate of drug-likeness (QED) is 0.267. The average molecular weight is 282 g/mol. The first kappa shape index (κ1) is 20.7. The Morgan fingerprint density at radius 2 is 1.80 bits per heavy atom. The summed E-state index contributed by atoms with van der Waals surface area (Å²) < 4.78 is 15.0. The van der Waals surface area contributed by atoms with Crippen LogP contribution in [0.1, 0.15) is 13.8 Å². The molecule has 0 bridgehead atoms. The molecule has 4 nitrogen and oxygen atoms in total. The highest BCUT2D eigenvalue weighted by atomic mass is 16.5. The normalized spacial score (nSPS) is 11.1. The lowest BCUT2D eigenvalue weighted by Crippen LogP contribution is -2.15. The minimum Gasteiger partial charge on any atom is -0.458 e. The van der Waals surface area contributed by atoms with Gasteiger partial charge in [0.1, 0.15) is 6.61 Å². The SMILES string of the molecule is C=CC(=O)OCC=CC.C=CCOCC(C)OCC=C. The van der Waals surface area contributed by atoms with Gasteiger partial charge in [-0.3, -0.25) is 0 Å². The van der Waals surface area contributed by atoms with Crippen LogP contribution in [0, 0.1) is 0 Å². The van der Waals surface area contributed by atoms with Gasteiger partial charge in [0.2, 0.25) is 0 Å². The van der Waals surface area contributed by atoms with Crippen molar-refractivity contribution in [1.29, 1.82) is 0 Å². The zero-order chi connectivity index (χ0) is 15.6. The fourth-order valence-corrected chi connectivity index (χ4v) is 0.883. The van der Waals surface area contributed by atoms with Crippen molar-refractivity contribution in [3.05, 3.63) is 50.1 Å². The molecule has 114 valence electrons. The van der Waals surface area contributed by atoms with E-state index in [2.05, 4.69) is 24.5 Å². The van der Waals surface area contributed by atoms with E-state index in [9.17, 15) is 4.79 Å². The Morgan fingerprint density at radius 3 is 2.30 bits per heavy atom. The summed E-state index contributed by atoms with van der Waals surface area (Å²) in [7, 11) is 0. The van der Waals surface area contributed by atoms with Crippen LogP contribution < -0.4 is 0 Å². The first-order valence-electron chi connectivity index (χ1n) is 6.43. The molecular weight excluding hydrogens is 256 g/mol. The largest absolute Gasteiger partial charge is 0.458 e. The molecule has 0 N–H and O–H groups in total. The van der Waals surface area contributed by atoms with Gasteiger partial charge in [0, 0.05) is 6.08 Å². The molecule has 0 heterocycles. The van der Waals surface area contributed by atoms with Gasteiger partial charge in [-0.1, -0.05) is 30.9 Å². The molecule has 0 amide bonds. The molecule has 4 heteroatoms. The van der Waals surface area contributed by atoms with Crippen LogP contribution in [0.15, 0.2) is 50.1 Å². The van der Waals surface area contributed by atoms with E-state index in [0.717, 1.165) is 6.08 Å². The molecule has 0 aromatic carbocycles. The Hall–Kier alpha value is -1.65. The lowest BCUT2D eigenvalue weighted by molar-refractivity contribution is -0.136. The summed E-state index contributed by atoms with van der Waals surface area (Å²) in [5.74, 6) is -0.381. The van der Waals surface area contributed by atoms with Crippen LogP contribution >= 0.6 is 0 Å². The van der Waals surface area contributed by atoms with E-state index in [4.69, 9.17) is 9.47 Å². The molecule has 0 spiro atoms. The Labute approximate surface area is 122 Å². The monoisotopic (exact) mass is 282 g/mol. The molecule has 20 heavy (non-hydrogen) atoms. The summed E-state index contributed by atoms with van der Waals surface area (Å²) in [6.07, 6.45) is 8.29. The highest BCUT2D eigenvalue weighted by Gasteiger charge is 1.98. The van der Waals surface area contributed by atoms with Crippen molar-refractivity contribution in [1.82, 2.24) is 0 Å². The minimum atomic E-state index is -0.381. The van der Waals surface area contributed by atoms with Crippen LogP contribution in [0.25, 0.3) is 0 Å². The fraction of sp³-hybridized carbons (Fsp3) is 0.438. The minimum absolute atomic E-state index is 0.132. The maximum atomic E-state index is 10.3. The number of allylic oxidation sites excluding steroid dienone is 1. The molecule has 0 aliphatic heterocycles. The van der Waals surface area contributed by atoms with E-state index in [1.165, 1.54) is 0 Å². The van der Waals surface area contributed by atoms with Crippen molar-refractivity contribution in [3.63, 3.8) is 0 Å². The summed E-state index contributed by atoms with van der Waals surface area (Å²) in [5, 5.41) is 0. The van der Waals surface area contributed by atoms with E-state index in [0.29, 0.717) is 26.4 Å². The predicted molar refractivity (Wildman–Crippen MR) is 82.6 cm³/mol. The van der Waals surface area contributed by atoms with Crippen molar-refractivity contribution >= 4 is 5.97 Å². The molecule has 0 aliphatic rings. The summed E-state index contributed by atoms with van der Waals surface area (Å²) in [5.41, 5.74) is 0. The topological polar surface area (TPSA) is 44.8 Å². The van der Waals surface area contributed by atoms with Gasteiger partial charge >= 0.3 is 5.97 Å². The van der Waals surface area contributed by atoms with Crippen molar-refractivity contribution in [2.45, 2.75) is 20.0 Å². The molecule has 0 fully saturated rings. The summed E-state index contributed by atoms with van der Waals surface area (Å²) in [6, 6.07) is 0. The lowest BCUT2D eigenvalue weighted by atomic mass is 10.4. The van der Waals surface area contributed by atoms with Crippen molar-refractivity contribution in [3.8, 4) is 0 Å². The van der Waals surface area contributed by atoms with Crippen LogP contribution in [0.3, 0.4) is 0 Å². The molecule has 0 aromatic heterocycles. The standard InChI is InChI=1S/C9H16O2.C7H10O2/c1-4-6-10-8-9(3)11-7-5-2;1-3-5-6-9-7(8)4-2/h4-5,9H,1-2,6-8H2,3H3;3-5H,2,6H2,1H3. The van der Waals surface area contributed by atoms with Crippen LogP contribution in [-0.4, -0.2) is 38.5 Å². The van der Waals surface area contributed by atoms with Gasteiger partial charge in [0.05, 0.1) is 25.9 Å². The molecule has 0 aromatic rings. The Morgan fingerprint density at radius 1 is 1.15 bits per heavy atom. The second kappa shape index (κ2) is 17.4. The maximum absolute atomic E-state index is 10.3. The Bertz CT molecular complexity index is 295. The molecular formula is C16H26O4. The van der Waals surface area contributed by atoms with Gasteiger partial charge in [-0.2, -0.15) is 0 Å². The third-order valence-electron chi connectivity index (χ3n) is 1.81. The first-order chi connectivity index (χ1) is 9.62. The third kappa shape index (κ3) is 18.7. The second-order valence-electron chi connectivity index (χ2n) is 3.66. The Balaban J connectivity index is 0. The van der Waals surface area contributed by atoms with Crippen LogP contribution in [0.4, 0.5) is 0 Å². The van der Waals surface area contributed by atoms with E-state index >= 15 is 0 Å². The highest BCUT2D eigenvalue weighted by molar-refractivity contribution is 5.81. The molecule has 0 aliphatic carbocycles. The van der Waals surface area contributed by atoms with E-state index < -0.39 is 0 Å². The highest BCUT2D eigenvalue weighted by Crippen LogP contribution is 1.91. The van der Waals surface area contributed by atoms with E-state index in [1.807, 2.05) is 19.9 Å². The first-order valence-corrected chi connectivity index (χ1v) is 6.43. The van der Waals surface area contributed by atoms with E-state index in [1.54, 1.807) is 18.2 Å². The van der Waals surface area contributed by atoms with E-state index in [-0.39, 0.29) is 12.1 Å². The van der Waals surface area contributed by atoms with Crippen molar-refractivity contribution in [2.24, 2.45) is 0 Å². The number of esters is 1. The fourth-order valence-electron chi connectivity index (χ4n) is 0.883. The predicted octanol–water partition coefficient (Wildman–Crippen LogP) is 3.07. The molecule has 0 rings (SSSR count). The maximum Gasteiger partial charge on any atom is 0.330 e. The third-order valence-corrected chi connectivity index (χ3v) is 1.81. The second-order valence-corrected chi connectivity index (χ2v) is 3.66. The zero-order valence-corrected chi connectivity index (χ0v) is 12.5. The summed E-state index contributed by atoms with van der Waals surface area (Å²) >= 11 is 0. The lowest BCUT2D eigenvalue weighted by Gasteiger charge is -2.10. The van der Waals surface area contributed by atoms with Gasteiger partial charge < -0.3 is 14.2 Å². The molecule has 0 saturated heterocycles. The van der Waals surface area contributed by atoms with Crippen molar-refractivity contribution in [2.75, 3.05) is 26.4 Å². The molecule has 1 atom stereocenters. The number of hydrogen-bond donors (Lipinski definition) is 0. The molecule has 0 radical (unpaired) electrons. The van der Waals surface area contributed by atoms with Gasteiger partial charge in [-0.05, 0) is 13.8 Å². The number of carbonyl (C=O) groups is 1. The molecule has 1 unspecified atom stereocenters. The Kier molecular flexibility index (Phi) is 17.9. The van der Waals surface area contributed by atoms with Gasteiger partial charge in [-0.15, -0.1) is 13.2 Å². The average Bonchev–Trinajstić information content (AvgIpc) is 2.46. The van der Waals surface area contributed by atoms with Gasteiger partial charge in [0.25, 0.3) is 0 Å².